The second-order valence-electron chi connectivity index (χ2n) is 3.74. The Labute approximate surface area is 114 Å². The highest BCUT2D eigenvalue weighted by atomic mass is 32.1. The van der Waals surface area contributed by atoms with Crippen molar-refractivity contribution in [2.24, 2.45) is 5.73 Å². The van der Waals surface area contributed by atoms with Crippen molar-refractivity contribution in [1.29, 1.82) is 0 Å². The largest absolute Gasteiger partial charge is 0.370 e. The lowest BCUT2D eigenvalue weighted by Crippen LogP contribution is -2.20. The second-order valence-corrected chi connectivity index (χ2v) is 4.12. The molecule has 3 N–H and O–H groups in total. The van der Waals surface area contributed by atoms with Gasteiger partial charge in [-0.25, -0.2) is 0 Å². The molecule has 0 aliphatic rings. The molecule has 2 aromatic heterocycles. The Morgan fingerprint density at radius 1 is 1.53 bits per heavy atom. The highest BCUT2D eigenvalue weighted by Crippen LogP contribution is 2.13. The van der Waals surface area contributed by atoms with Crippen molar-refractivity contribution in [2.45, 2.75) is 6.54 Å². The number of rotatable bonds is 6. The summed E-state index contributed by atoms with van der Waals surface area (Å²) in [4.78, 5) is 14.8. The van der Waals surface area contributed by atoms with Gasteiger partial charge in [-0.1, -0.05) is 6.07 Å². The first kappa shape index (κ1) is 13.4. The van der Waals surface area contributed by atoms with E-state index in [4.69, 9.17) is 22.7 Å². The molecule has 0 saturated carbocycles. The van der Waals surface area contributed by atoms with E-state index in [-0.39, 0.29) is 6.61 Å². The number of nitrogens with zero attached hydrogens (tertiary/aromatic N) is 3. The van der Waals surface area contributed by atoms with Gasteiger partial charge in [-0.05, 0) is 24.4 Å². The van der Waals surface area contributed by atoms with Crippen LogP contribution in [0.2, 0.25) is 0 Å². The van der Waals surface area contributed by atoms with Crippen LogP contribution < -0.4 is 5.73 Å². The lowest BCUT2D eigenvalue weighted by Gasteiger charge is -2.06. The third-order valence-corrected chi connectivity index (χ3v) is 2.67. The van der Waals surface area contributed by atoms with Gasteiger partial charge in [0, 0.05) is 6.20 Å². The number of carbonyl (C=O) groups excluding carboxylic acids is 1. The van der Waals surface area contributed by atoms with Gasteiger partial charge in [0.05, 0.1) is 13.2 Å². The average molecular weight is 279 g/mol. The minimum atomic E-state index is -0.499. The van der Waals surface area contributed by atoms with Gasteiger partial charge in [0.1, 0.15) is 12.3 Å². The fourth-order valence-corrected chi connectivity index (χ4v) is 1.77. The molecule has 7 nitrogen and oxygen atoms in total. The van der Waals surface area contributed by atoms with E-state index in [0.29, 0.717) is 29.4 Å². The number of nitrogens with two attached hydrogens (primary N) is 1. The van der Waals surface area contributed by atoms with Gasteiger partial charge in [0.15, 0.2) is 10.6 Å². The van der Waals surface area contributed by atoms with Gasteiger partial charge in [-0.2, -0.15) is 5.10 Å². The van der Waals surface area contributed by atoms with Crippen molar-refractivity contribution in [1.82, 2.24) is 19.7 Å². The molecule has 19 heavy (non-hydrogen) atoms. The molecule has 100 valence electrons. The summed E-state index contributed by atoms with van der Waals surface area (Å²) in [5.41, 5.74) is 5.70. The number of carbonyl (C=O) groups is 1. The van der Waals surface area contributed by atoms with E-state index in [1.807, 2.05) is 18.2 Å². The van der Waals surface area contributed by atoms with Crippen LogP contribution >= 0.6 is 12.2 Å². The van der Waals surface area contributed by atoms with E-state index in [9.17, 15) is 4.79 Å². The van der Waals surface area contributed by atoms with Gasteiger partial charge in [0.25, 0.3) is 0 Å². The number of hydrogen-bond acceptors (Lipinski definition) is 5. The van der Waals surface area contributed by atoms with E-state index in [1.165, 1.54) is 0 Å². The normalized spacial score (nSPS) is 10.5. The van der Waals surface area contributed by atoms with Gasteiger partial charge in [0.2, 0.25) is 5.91 Å². The van der Waals surface area contributed by atoms with Crippen molar-refractivity contribution in [3.8, 4) is 11.5 Å². The number of H-pyrrole nitrogens is 1. The van der Waals surface area contributed by atoms with Crippen LogP contribution in [0, 0.1) is 4.77 Å². The highest BCUT2D eigenvalue weighted by Gasteiger charge is 2.09. The van der Waals surface area contributed by atoms with Crippen LogP contribution in [0.1, 0.15) is 0 Å². The zero-order chi connectivity index (χ0) is 13.7. The predicted octanol–water partition coefficient (Wildman–Crippen LogP) is 0.505. The number of amides is 1. The van der Waals surface area contributed by atoms with Crippen LogP contribution in [0.3, 0.4) is 0 Å². The Bertz CT molecular complexity index is 607. The molecule has 0 spiro atoms. The molecule has 0 aliphatic heterocycles. The molecule has 0 fully saturated rings. The molecule has 0 radical (unpaired) electrons. The average Bonchev–Trinajstić information content (AvgIpc) is 2.77. The summed E-state index contributed by atoms with van der Waals surface area (Å²) in [5, 5.41) is 6.85. The molecular formula is C11H13N5O2S. The summed E-state index contributed by atoms with van der Waals surface area (Å²) < 4.78 is 7.35. The summed E-state index contributed by atoms with van der Waals surface area (Å²) >= 11 is 5.14. The lowest BCUT2D eigenvalue weighted by atomic mass is 10.3. The molecule has 8 heteroatoms. The van der Waals surface area contributed by atoms with E-state index in [1.54, 1.807) is 10.8 Å². The van der Waals surface area contributed by atoms with E-state index in [2.05, 4.69) is 15.2 Å². The summed E-state index contributed by atoms with van der Waals surface area (Å²) in [5.74, 6) is 0.133. The molecule has 0 aromatic carbocycles. The SMILES string of the molecule is NC(=O)COCCn1c(-c2ccccn2)n[nH]c1=S. The number of aromatic nitrogens is 4. The fourth-order valence-electron chi connectivity index (χ4n) is 1.54. The molecule has 0 bridgehead atoms. The maximum atomic E-state index is 10.6. The minimum Gasteiger partial charge on any atom is -0.370 e. The van der Waals surface area contributed by atoms with Gasteiger partial charge < -0.3 is 10.5 Å². The molecule has 0 unspecified atom stereocenters. The molecule has 0 atom stereocenters. The molecule has 2 aromatic rings. The summed E-state index contributed by atoms with van der Waals surface area (Å²) in [7, 11) is 0. The van der Waals surface area contributed by atoms with Gasteiger partial charge in [-0.15, -0.1) is 0 Å². The molecule has 2 heterocycles. The Morgan fingerprint density at radius 2 is 2.37 bits per heavy atom. The zero-order valence-electron chi connectivity index (χ0n) is 10.1. The molecule has 2 rings (SSSR count). The van der Waals surface area contributed by atoms with E-state index >= 15 is 0 Å². The standard InChI is InChI=1S/C11H13N5O2S/c12-9(17)7-18-6-5-16-10(14-15-11(16)19)8-3-1-2-4-13-8/h1-4H,5-7H2,(H2,12,17)(H,15,19). The first-order chi connectivity index (χ1) is 9.18. The number of aromatic amines is 1. The summed E-state index contributed by atoms with van der Waals surface area (Å²) in [6.07, 6.45) is 1.68. The Hall–Kier alpha value is -2.06. The smallest absolute Gasteiger partial charge is 0.243 e. The van der Waals surface area contributed by atoms with Crippen molar-refractivity contribution in [2.75, 3.05) is 13.2 Å². The third kappa shape index (κ3) is 3.46. The lowest BCUT2D eigenvalue weighted by molar-refractivity contribution is -0.122. The topological polar surface area (TPSA) is 98.8 Å². The first-order valence-corrected chi connectivity index (χ1v) is 6.02. The summed E-state index contributed by atoms with van der Waals surface area (Å²) in [6, 6.07) is 5.53. The van der Waals surface area contributed by atoms with E-state index in [0.717, 1.165) is 0 Å². The van der Waals surface area contributed by atoms with Crippen LogP contribution in [-0.4, -0.2) is 38.9 Å². The molecule has 1 amide bonds. The number of pyridine rings is 1. The highest BCUT2D eigenvalue weighted by molar-refractivity contribution is 7.71. The Balaban J connectivity index is 2.10. The number of ether oxygens (including phenoxy) is 1. The third-order valence-electron chi connectivity index (χ3n) is 2.36. The van der Waals surface area contributed by atoms with Crippen LogP contribution in [0.15, 0.2) is 24.4 Å². The zero-order valence-corrected chi connectivity index (χ0v) is 10.9. The van der Waals surface area contributed by atoms with Crippen LogP contribution in [0.5, 0.6) is 0 Å². The monoisotopic (exact) mass is 279 g/mol. The van der Waals surface area contributed by atoms with E-state index < -0.39 is 5.91 Å². The first-order valence-electron chi connectivity index (χ1n) is 5.61. The van der Waals surface area contributed by atoms with Crippen molar-refractivity contribution in [3.05, 3.63) is 29.2 Å². The Morgan fingerprint density at radius 3 is 3.05 bits per heavy atom. The maximum Gasteiger partial charge on any atom is 0.243 e. The molecule has 0 saturated heterocycles. The predicted molar refractivity (Wildman–Crippen MR) is 70.7 cm³/mol. The fraction of sp³-hybridized carbons (Fsp3) is 0.273. The van der Waals surface area contributed by atoms with Gasteiger partial charge in [-0.3, -0.25) is 19.4 Å². The number of hydrogen-bond donors (Lipinski definition) is 2. The maximum absolute atomic E-state index is 10.6. The van der Waals surface area contributed by atoms with Crippen LogP contribution in [0.25, 0.3) is 11.5 Å². The second kappa shape index (κ2) is 6.21. The van der Waals surface area contributed by atoms with Crippen molar-refractivity contribution >= 4 is 18.1 Å². The number of nitrogens with one attached hydrogen (secondary N) is 1. The minimum absolute atomic E-state index is 0.107. The van der Waals surface area contributed by atoms with Crippen LogP contribution in [-0.2, 0) is 16.1 Å². The van der Waals surface area contributed by atoms with Crippen molar-refractivity contribution in [3.63, 3.8) is 0 Å². The van der Waals surface area contributed by atoms with Gasteiger partial charge >= 0.3 is 0 Å². The molecule has 0 aliphatic carbocycles. The summed E-state index contributed by atoms with van der Waals surface area (Å²) in [6.45, 7) is 0.676. The molecular weight excluding hydrogens is 266 g/mol. The quantitative estimate of drug-likeness (QED) is 0.593. The van der Waals surface area contributed by atoms with Crippen molar-refractivity contribution < 1.29 is 9.53 Å². The van der Waals surface area contributed by atoms with Crippen LogP contribution in [0.4, 0.5) is 0 Å². The Kier molecular flexibility index (Phi) is 4.37. The number of primary amides is 1.